The molecule has 0 spiro atoms. The van der Waals surface area contributed by atoms with Gasteiger partial charge in [0.1, 0.15) is 11.3 Å². The maximum Gasteiger partial charge on any atom is 0.226 e. The quantitative estimate of drug-likeness (QED) is 0.529. The summed E-state index contributed by atoms with van der Waals surface area (Å²) in [7, 11) is 1.66. The molecule has 0 aliphatic carbocycles. The molecule has 0 atom stereocenters. The fraction of sp³-hybridized carbons (Fsp3) is 0.238. The number of hydrogen-bond donors (Lipinski definition) is 0. The molecule has 2 heterocycles. The van der Waals surface area contributed by atoms with Crippen LogP contribution in [0.3, 0.4) is 0 Å². The van der Waals surface area contributed by atoms with E-state index in [0.29, 0.717) is 12.5 Å². The van der Waals surface area contributed by atoms with Crippen LogP contribution in [-0.2, 0) is 0 Å². The minimum Gasteiger partial charge on any atom is -0.497 e. The van der Waals surface area contributed by atoms with Crippen molar-refractivity contribution in [2.45, 2.75) is 13.8 Å². The van der Waals surface area contributed by atoms with Crippen molar-refractivity contribution in [2.24, 2.45) is 5.92 Å². The third-order valence-electron chi connectivity index (χ3n) is 4.24. The SMILES string of the molecule is COc1ccc(-n2nc3c(cnc4ccccc43)c2OCC(C)C)cc1. The Bertz CT molecular complexity index is 1050. The second-order valence-corrected chi connectivity index (χ2v) is 6.66. The molecular weight excluding hydrogens is 326 g/mol. The van der Waals surface area contributed by atoms with Crippen LogP contribution in [0.5, 0.6) is 11.6 Å². The van der Waals surface area contributed by atoms with Crippen LogP contribution in [-0.4, -0.2) is 28.5 Å². The first-order chi connectivity index (χ1) is 12.7. The Morgan fingerprint density at radius 1 is 1.00 bits per heavy atom. The molecule has 4 rings (SSSR count). The van der Waals surface area contributed by atoms with Crippen LogP contribution in [0, 0.1) is 5.92 Å². The minimum absolute atomic E-state index is 0.415. The number of pyridine rings is 1. The third-order valence-corrected chi connectivity index (χ3v) is 4.24. The lowest BCUT2D eigenvalue weighted by Gasteiger charge is -2.11. The Kier molecular flexibility index (Phi) is 4.21. The Hall–Kier alpha value is -3.08. The zero-order valence-electron chi connectivity index (χ0n) is 15.1. The molecule has 0 radical (unpaired) electrons. The molecule has 132 valence electrons. The summed E-state index contributed by atoms with van der Waals surface area (Å²) < 4.78 is 13.2. The Labute approximate surface area is 152 Å². The van der Waals surface area contributed by atoms with Gasteiger partial charge < -0.3 is 9.47 Å². The van der Waals surface area contributed by atoms with E-state index in [-0.39, 0.29) is 0 Å². The number of hydrogen-bond acceptors (Lipinski definition) is 4. The van der Waals surface area contributed by atoms with Gasteiger partial charge in [0.15, 0.2) is 0 Å². The number of methoxy groups -OCH3 is 1. The number of aromatic nitrogens is 3. The van der Waals surface area contributed by atoms with Gasteiger partial charge in [0.05, 0.1) is 30.3 Å². The maximum absolute atomic E-state index is 6.14. The molecule has 0 saturated heterocycles. The van der Waals surface area contributed by atoms with E-state index in [1.54, 1.807) is 7.11 Å². The van der Waals surface area contributed by atoms with Gasteiger partial charge in [-0.3, -0.25) is 4.98 Å². The van der Waals surface area contributed by atoms with E-state index in [1.807, 2.05) is 59.4 Å². The average Bonchev–Trinajstić information content (AvgIpc) is 3.05. The van der Waals surface area contributed by atoms with Crippen molar-refractivity contribution in [1.29, 1.82) is 0 Å². The van der Waals surface area contributed by atoms with E-state index < -0.39 is 0 Å². The van der Waals surface area contributed by atoms with Gasteiger partial charge in [-0.25, -0.2) is 0 Å². The van der Waals surface area contributed by atoms with Crippen molar-refractivity contribution < 1.29 is 9.47 Å². The predicted octanol–water partition coefficient (Wildman–Crippen LogP) is 4.62. The molecule has 0 aliphatic heterocycles. The highest BCUT2D eigenvalue weighted by atomic mass is 16.5. The van der Waals surface area contributed by atoms with E-state index in [4.69, 9.17) is 14.6 Å². The molecule has 0 fully saturated rings. The largest absolute Gasteiger partial charge is 0.497 e. The predicted molar refractivity (Wildman–Crippen MR) is 103 cm³/mol. The van der Waals surface area contributed by atoms with Crippen molar-refractivity contribution in [3.05, 3.63) is 54.7 Å². The van der Waals surface area contributed by atoms with Crippen molar-refractivity contribution in [2.75, 3.05) is 13.7 Å². The Morgan fingerprint density at radius 3 is 2.50 bits per heavy atom. The first kappa shape index (κ1) is 16.4. The smallest absolute Gasteiger partial charge is 0.226 e. The summed E-state index contributed by atoms with van der Waals surface area (Å²) in [5, 5.41) is 6.79. The topological polar surface area (TPSA) is 49.2 Å². The van der Waals surface area contributed by atoms with Gasteiger partial charge >= 0.3 is 0 Å². The summed E-state index contributed by atoms with van der Waals surface area (Å²) in [6.07, 6.45) is 1.85. The highest BCUT2D eigenvalue weighted by molar-refractivity contribution is 6.05. The second kappa shape index (κ2) is 6.67. The number of para-hydroxylation sites is 1. The van der Waals surface area contributed by atoms with Crippen molar-refractivity contribution in [3.8, 4) is 17.3 Å². The van der Waals surface area contributed by atoms with Gasteiger partial charge in [0.2, 0.25) is 5.88 Å². The summed E-state index contributed by atoms with van der Waals surface area (Å²) in [5.74, 6) is 1.94. The summed E-state index contributed by atoms with van der Waals surface area (Å²) in [5.41, 5.74) is 2.74. The first-order valence-electron chi connectivity index (χ1n) is 8.71. The van der Waals surface area contributed by atoms with Gasteiger partial charge in [-0.1, -0.05) is 32.0 Å². The summed E-state index contributed by atoms with van der Waals surface area (Å²) in [6, 6.07) is 15.8. The van der Waals surface area contributed by atoms with Gasteiger partial charge in [-0.15, -0.1) is 0 Å². The summed E-state index contributed by atoms with van der Waals surface area (Å²) in [4.78, 5) is 4.58. The first-order valence-corrected chi connectivity index (χ1v) is 8.71. The third kappa shape index (κ3) is 2.86. The van der Waals surface area contributed by atoms with Crippen molar-refractivity contribution in [1.82, 2.24) is 14.8 Å². The van der Waals surface area contributed by atoms with Crippen LogP contribution in [0.25, 0.3) is 27.5 Å². The van der Waals surface area contributed by atoms with Crippen molar-refractivity contribution in [3.63, 3.8) is 0 Å². The Morgan fingerprint density at radius 2 is 1.77 bits per heavy atom. The molecule has 0 saturated carbocycles. The fourth-order valence-corrected chi connectivity index (χ4v) is 2.93. The highest BCUT2D eigenvalue weighted by Crippen LogP contribution is 2.33. The maximum atomic E-state index is 6.14. The van der Waals surface area contributed by atoms with E-state index >= 15 is 0 Å². The molecular formula is C21H21N3O2. The fourth-order valence-electron chi connectivity index (χ4n) is 2.93. The number of ether oxygens (including phenoxy) is 2. The van der Waals surface area contributed by atoms with Crippen LogP contribution in [0.2, 0.25) is 0 Å². The summed E-state index contributed by atoms with van der Waals surface area (Å²) in [6.45, 7) is 4.87. The monoisotopic (exact) mass is 347 g/mol. The average molecular weight is 347 g/mol. The van der Waals surface area contributed by atoms with E-state index in [2.05, 4.69) is 18.8 Å². The number of fused-ring (bicyclic) bond motifs is 3. The van der Waals surface area contributed by atoms with Gasteiger partial charge in [0.25, 0.3) is 0 Å². The standard InChI is InChI=1S/C21H21N3O2/c1-14(2)13-26-21-18-12-22-19-7-5-4-6-17(19)20(18)23-24(21)15-8-10-16(25-3)11-9-15/h4-12,14H,13H2,1-3H3. The number of benzene rings is 2. The number of rotatable bonds is 5. The van der Waals surface area contributed by atoms with Crippen LogP contribution in [0.15, 0.2) is 54.7 Å². The molecule has 0 bridgehead atoms. The van der Waals surface area contributed by atoms with E-state index in [9.17, 15) is 0 Å². The molecule has 0 amide bonds. The summed E-state index contributed by atoms with van der Waals surface area (Å²) >= 11 is 0. The molecule has 26 heavy (non-hydrogen) atoms. The second-order valence-electron chi connectivity index (χ2n) is 6.66. The lowest BCUT2D eigenvalue weighted by molar-refractivity contribution is 0.257. The Balaban J connectivity index is 1.93. The normalized spacial score (nSPS) is 11.4. The molecule has 2 aromatic heterocycles. The minimum atomic E-state index is 0.415. The number of nitrogens with zero attached hydrogens (tertiary/aromatic N) is 3. The zero-order chi connectivity index (χ0) is 18.1. The lowest BCUT2D eigenvalue weighted by atomic mass is 10.2. The molecule has 0 unspecified atom stereocenters. The molecule has 5 nitrogen and oxygen atoms in total. The molecule has 0 aliphatic rings. The highest BCUT2D eigenvalue weighted by Gasteiger charge is 2.17. The van der Waals surface area contributed by atoms with Crippen LogP contribution in [0.4, 0.5) is 0 Å². The lowest BCUT2D eigenvalue weighted by Crippen LogP contribution is -2.08. The van der Waals surface area contributed by atoms with Gasteiger partial charge in [-0.05, 0) is 36.2 Å². The van der Waals surface area contributed by atoms with Crippen molar-refractivity contribution >= 4 is 21.8 Å². The van der Waals surface area contributed by atoms with Gasteiger partial charge in [-0.2, -0.15) is 9.78 Å². The molecule has 5 heteroatoms. The van der Waals surface area contributed by atoms with Crippen LogP contribution < -0.4 is 9.47 Å². The van der Waals surface area contributed by atoms with Crippen LogP contribution >= 0.6 is 0 Å². The van der Waals surface area contributed by atoms with E-state index in [0.717, 1.165) is 39.1 Å². The van der Waals surface area contributed by atoms with E-state index in [1.165, 1.54) is 0 Å². The molecule has 0 N–H and O–H groups in total. The molecule has 2 aromatic carbocycles. The van der Waals surface area contributed by atoms with Crippen LogP contribution in [0.1, 0.15) is 13.8 Å². The zero-order valence-corrected chi connectivity index (χ0v) is 15.1. The van der Waals surface area contributed by atoms with Gasteiger partial charge in [0, 0.05) is 11.6 Å². The molecule has 4 aromatic rings.